The molecule has 1 aliphatic carbocycles. The van der Waals surface area contributed by atoms with Crippen molar-refractivity contribution in [3.63, 3.8) is 0 Å². The largest absolute Gasteiger partial charge is 0.468 e. The Morgan fingerprint density at radius 1 is 0.920 bits per heavy atom. The zero-order chi connectivity index (χ0) is 35.4. The Kier molecular flexibility index (Phi) is 10.4. The zero-order valence-electron chi connectivity index (χ0n) is 28.4. The zero-order valence-corrected chi connectivity index (χ0v) is 28.4. The number of urea groups is 1. The number of nitrogens with zero attached hydrogens (tertiary/aromatic N) is 3. The lowest BCUT2D eigenvalue weighted by molar-refractivity contribution is -0.153. The van der Waals surface area contributed by atoms with Gasteiger partial charge in [-0.2, -0.15) is 0 Å². The minimum Gasteiger partial charge on any atom is -0.468 e. The van der Waals surface area contributed by atoms with E-state index in [2.05, 4.69) is 10.6 Å². The van der Waals surface area contributed by atoms with Crippen LogP contribution in [0.3, 0.4) is 0 Å². The highest BCUT2D eigenvalue weighted by Gasteiger charge is 2.67. The number of amides is 6. The molecule has 0 aromatic heterocycles. The minimum atomic E-state index is -1.96. The fourth-order valence-corrected chi connectivity index (χ4v) is 8.06. The van der Waals surface area contributed by atoms with E-state index in [9.17, 15) is 24.0 Å². The molecule has 0 radical (unpaired) electrons. The van der Waals surface area contributed by atoms with Crippen LogP contribution in [0.2, 0.25) is 0 Å². The number of benzene rings is 2. The summed E-state index contributed by atoms with van der Waals surface area (Å²) in [4.78, 5) is 89.0. The molecule has 0 unspecified atom stereocenters. The van der Waals surface area contributed by atoms with Crippen molar-refractivity contribution in [1.82, 2.24) is 25.3 Å². The second-order valence-corrected chi connectivity index (χ2v) is 13.1. The van der Waals surface area contributed by atoms with E-state index in [1.807, 2.05) is 53.4 Å². The predicted molar refractivity (Wildman–Crippen MR) is 180 cm³/mol. The Hall–Kier alpha value is -4.88. The van der Waals surface area contributed by atoms with E-state index >= 15 is 4.79 Å². The molecule has 2 aromatic carbocycles. The van der Waals surface area contributed by atoms with Gasteiger partial charge in [-0.05, 0) is 30.4 Å². The van der Waals surface area contributed by atoms with Gasteiger partial charge in [0, 0.05) is 37.5 Å². The Balaban J connectivity index is 1.52. The molecule has 0 spiro atoms. The van der Waals surface area contributed by atoms with Crippen molar-refractivity contribution < 1.29 is 38.2 Å². The van der Waals surface area contributed by atoms with Gasteiger partial charge in [0.05, 0.1) is 38.8 Å². The number of nitrogens with one attached hydrogen (secondary N) is 2. The van der Waals surface area contributed by atoms with Crippen LogP contribution in [0.1, 0.15) is 37.3 Å². The average molecular weight is 686 g/mol. The summed E-state index contributed by atoms with van der Waals surface area (Å²) >= 11 is 0. The van der Waals surface area contributed by atoms with Crippen LogP contribution in [-0.2, 0) is 46.4 Å². The molecule has 4 atom stereocenters. The molecule has 2 saturated heterocycles. The first kappa shape index (κ1) is 35.0. The maximum atomic E-state index is 15.2. The van der Waals surface area contributed by atoms with E-state index in [1.54, 1.807) is 19.1 Å². The first-order valence-corrected chi connectivity index (χ1v) is 17.1. The lowest BCUT2D eigenvalue weighted by Crippen LogP contribution is -2.73. The van der Waals surface area contributed by atoms with Crippen LogP contribution >= 0.6 is 0 Å². The number of carbonyl (C=O) groups is 6. The average Bonchev–Trinajstić information content (AvgIpc) is 3.38. The van der Waals surface area contributed by atoms with Gasteiger partial charge in [-0.1, -0.05) is 73.2 Å². The third kappa shape index (κ3) is 6.42. The van der Waals surface area contributed by atoms with Crippen molar-refractivity contribution in [3.05, 3.63) is 82.9 Å². The van der Waals surface area contributed by atoms with Gasteiger partial charge in [-0.3, -0.25) is 33.8 Å². The number of likely N-dealkylation sites (tertiary alicyclic amines) is 1. The number of rotatable bonds is 10. The molecule has 264 valence electrons. The topological polar surface area (TPSA) is 155 Å². The van der Waals surface area contributed by atoms with Gasteiger partial charge in [-0.15, -0.1) is 0 Å². The standard InChI is InChI=1S/C37H43N5O8/c1-3-26-27-14-15-28-30(34(46)41(32(28)44)22-29(43)49-2)31(27)37(20-24-10-6-4-7-11-24,35(47)38-21-25-12-8-5-9-13-25)42(33(26)45)36(48)39-23-40-16-18-50-19-17-40/h4-13,28,30-31H,3,14-23H2,1-2H3,(H,38,47)(H,39,48)/t28-,30-,31+,37+/m1/s1. The molecule has 50 heavy (non-hydrogen) atoms. The number of fused-ring (bicyclic) bond motifs is 3. The normalized spacial score (nSPS) is 25.2. The summed E-state index contributed by atoms with van der Waals surface area (Å²) in [5.74, 6) is -6.14. The molecule has 3 fully saturated rings. The molecule has 13 nitrogen and oxygen atoms in total. The highest BCUT2D eigenvalue weighted by atomic mass is 16.5. The third-order valence-electron chi connectivity index (χ3n) is 10.4. The number of esters is 1. The quantitative estimate of drug-likeness (QED) is 0.283. The Morgan fingerprint density at radius 3 is 2.22 bits per heavy atom. The van der Waals surface area contributed by atoms with Crippen molar-refractivity contribution in [1.29, 1.82) is 0 Å². The van der Waals surface area contributed by atoms with Crippen LogP contribution < -0.4 is 10.6 Å². The number of methoxy groups -OCH3 is 1. The van der Waals surface area contributed by atoms with Crippen LogP contribution in [0.25, 0.3) is 0 Å². The Labute approximate surface area is 290 Å². The first-order chi connectivity index (χ1) is 24.2. The lowest BCUT2D eigenvalue weighted by Gasteiger charge is -2.54. The van der Waals surface area contributed by atoms with E-state index in [0.717, 1.165) is 15.4 Å². The molecule has 4 aliphatic rings. The first-order valence-electron chi connectivity index (χ1n) is 17.1. The van der Waals surface area contributed by atoms with E-state index < -0.39 is 65.5 Å². The van der Waals surface area contributed by atoms with Crippen LogP contribution in [0.4, 0.5) is 4.79 Å². The summed E-state index contributed by atoms with van der Waals surface area (Å²) in [5.41, 5.74) is 0.440. The molecule has 6 rings (SSSR count). The van der Waals surface area contributed by atoms with Crippen molar-refractivity contribution >= 4 is 35.6 Å². The molecule has 13 heteroatoms. The van der Waals surface area contributed by atoms with Crippen molar-refractivity contribution in [3.8, 4) is 0 Å². The van der Waals surface area contributed by atoms with Gasteiger partial charge in [0.25, 0.3) is 5.91 Å². The van der Waals surface area contributed by atoms with E-state index in [0.29, 0.717) is 43.0 Å². The van der Waals surface area contributed by atoms with Crippen LogP contribution in [0, 0.1) is 17.8 Å². The van der Waals surface area contributed by atoms with E-state index in [1.165, 1.54) is 7.11 Å². The highest BCUT2D eigenvalue weighted by Crippen LogP contribution is 2.55. The Morgan fingerprint density at radius 2 is 1.58 bits per heavy atom. The molecule has 3 aliphatic heterocycles. The summed E-state index contributed by atoms with van der Waals surface area (Å²) < 4.78 is 10.2. The van der Waals surface area contributed by atoms with Gasteiger partial charge >= 0.3 is 12.0 Å². The van der Waals surface area contributed by atoms with Crippen molar-refractivity contribution in [2.45, 2.75) is 44.7 Å². The highest BCUT2D eigenvalue weighted by molar-refractivity contribution is 6.13. The molecule has 6 amide bonds. The van der Waals surface area contributed by atoms with E-state index in [-0.39, 0.29) is 38.9 Å². The smallest absolute Gasteiger partial charge is 0.326 e. The minimum absolute atomic E-state index is 0.0927. The van der Waals surface area contributed by atoms with Gasteiger partial charge in [0.1, 0.15) is 12.1 Å². The van der Waals surface area contributed by atoms with Crippen molar-refractivity contribution in [2.24, 2.45) is 17.8 Å². The second kappa shape index (κ2) is 14.9. The molecule has 1 saturated carbocycles. The van der Waals surface area contributed by atoms with Gasteiger partial charge in [0.2, 0.25) is 17.7 Å². The second-order valence-electron chi connectivity index (χ2n) is 13.1. The maximum absolute atomic E-state index is 15.2. The number of imide groups is 2. The van der Waals surface area contributed by atoms with Crippen LogP contribution in [-0.4, -0.2) is 102 Å². The number of morpholine rings is 1. The maximum Gasteiger partial charge on any atom is 0.326 e. The van der Waals surface area contributed by atoms with Gasteiger partial charge in [0.15, 0.2) is 0 Å². The summed E-state index contributed by atoms with van der Waals surface area (Å²) in [5, 5.41) is 5.91. The molecule has 3 heterocycles. The predicted octanol–water partition coefficient (Wildman–Crippen LogP) is 2.02. The van der Waals surface area contributed by atoms with Crippen LogP contribution in [0.5, 0.6) is 0 Å². The SMILES string of the molecule is CCC1=C2CC[C@H]3C(=O)N(CC(=O)OC)C(=O)[C@H]3[C@H]2[C@@](Cc2ccccc2)(C(=O)NCc2ccccc2)N(C(=O)NCN2CCOCC2)C1=O. The Bertz CT molecular complexity index is 1670. The summed E-state index contributed by atoms with van der Waals surface area (Å²) in [6.45, 7) is 3.57. The van der Waals surface area contributed by atoms with Gasteiger partial charge in [-0.25, -0.2) is 9.69 Å². The molecular formula is C37H43N5O8. The lowest BCUT2D eigenvalue weighted by atomic mass is 9.57. The third-order valence-corrected chi connectivity index (χ3v) is 10.4. The number of ether oxygens (including phenoxy) is 2. The molecule has 2 N–H and O–H groups in total. The van der Waals surface area contributed by atoms with Crippen molar-refractivity contribution in [2.75, 3.05) is 46.6 Å². The number of carbonyl (C=O) groups excluding carboxylic acids is 6. The summed E-state index contributed by atoms with van der Waals surface area (Å²) in [7, 11) is 1.18. The fraction of sp³-hybridized carbons (Fsp3) is 0.459. The summed E-state index contributed by atoms with van der Waals surface area (Å²) in [6, 6.07) is 17.5. The molecule has 0 bridgehead atoms. The monoisotopic (exact) mass is 685 g/mol. The van der Waals surface area contributed by atoms with Crippen LogP contribution in [0.15, 0.2) is 71.8 Å². The van der Waals surface area contributed by atoms with E-state index in [4.69, 9.17) is 9.47 Å². The summed E-state index contributed by atoms with van der Waals surface area (Å²) in [6.07, 6.45) is 0.664. The fourth-order valence-electron chi connectivity index (χ4n) is 8.06. The number of hydrogen-bond donors (Lipinski definition) is 2. The number of hydrogen-bond acceptors (Lipinski definition) is 9. The molecular weight excluding hydrogens is 642 g/mol. The van der Waals surface area contributed by atoms with Gasteiger partial charge < -0.3 is 20.1 Å². The molecule has 2 aromatic rings.